The standard InChI is InChI=1S/C24H22N4O2/c1-29-21-13-7-10-18-22(21)26-24(27-23(18)25-16-17-8-3-2-4-9-17)28-14-15-30-20-12-6-5-11-19(20)28/h2-13H,14-16H2,1H3,(H,25,26,27). The van der Waals surface area contributed by atoms with E-state index in [0.29, 0.717) is 25.6 Å². The highest BCUT2D eigenvalue weighted by Crippen LogP contribution is 2.37. The lowest BCUT2D eigenvalue weighted by molar-refractivity contribution is 0.313. The fourth-order valence-corrected chi connectivity index (χ4v) is 3.69. The number of aromatic nitrogens is 2. The Bertz CT molecular complexity index is 1180. The number of methoxy groups -OCH3 is 1. The second kappa shape index (κ2) is 7.91. The molecule has 0 amide bonds. The second-order valence-corrected chi connectivity index (χ2v) is 7.04. The van der Waals surface area contributed by atoms with Crippen LogP contribution in [0.25, 0.3) is 10.9 Å². The molecule has 6 nitrogen and oxygen atoms in total. The van der Waals surface area contributed by atoms with E-state index in [4.69, 9.17) is 19.4 Å². The number of hydrogen-bond acceptors (Lipinski definition) is 6. The fraction of sp³-hybridized carbons (Fsp3) is 0.167. The Labute approximate surface area is 175 Å². The lowest BCUT2D eigenvalue weighted by Crippen LogP contribution is -2.30. The smallest absolute Gasteiger partial charge is 0.232 e. The third-order valence-corrected chi connectivity index (χ3v) is 5.17. The van der Waals surface area contributed by atoms with E-state index in [1.54, 1.807) is 7.11 Å². The summed E-state index contributed by atoms with van der Waals surface area (Å²) in [7, 11) is 1.66. The molecule has 4 aromatic rings. The van der Waals surface area contributed by atoms with Crippen molar-refractivity contribution in [1.82, 2.24) is 9.97 Å². The van der Waals surface area contributed by atoms with Crippen LogP contribution in [-0.4, -0.2) is 30.2 Å². The van der Waals surface area contributed by atoms with E-state index in [9.17, 15) is 0 Å². The highest BCUT2D eigenvalue weighted by atomic mass is 16.5. The minimum Gasteiger partial charge on any atom is -0.494 e. The van der Waals surface area contributed by atoms with Gasteiger partial charge in [-0.05, 0) is 29.8 Å². The van der Waals surface area contributed by atoms with Crippen molar-refractivity contribution in [1.29, 1.82) is 0 Å². The number of nitrogens with one attached hydrogen (secondary N) is 1. The number of benzene rings is 3. The molecule has 6 heteroatoms. The van der Waals surface area contributed by atoms with Crippen LogP contribution in [0.3, 0.4) is 0 Å². The van der Waals surface area contributed by atoms with Crippen molar-refractivity contribution >= 4 is 28.4 Å². The molecule has 150 valence electrons. The molecule has 0 fully saturated rings. The van der Waals surface area contributed by atoms with E-state index in [0.717, 1.165) is 33.9 Å². The Morgan fingerprint density at radius 3 is 2.67 bits per heavy atom. The van der Waals surface area contributed by atoms with Crippen molar-refractivity contribution in [3.63, 3.8) is 0 Å². The number of para-hydroxylation sites is 3. The van der Waals surface area contributed by atoms with Crippen molar-refractivity contribution in [2.45, 2.75) is 6.54 Å². The summed E-state index contributed by atoms with van der Waals surface area (Å²) in [6.45, 7) is 1.93. The average Bonchev–Trinajstić information content (AvgIpc) is 2.82. The molecule has 0 atom stereocenters. The quantitative estimate of drug-likeness (QED) is 0.522. The lowest BCUT2D eigenvalue weighted by atomic mass is 10.2. The van der Waals surface area contributed by atoms with Crippen molar-refractivity contribution in [2.75, 3.05) is 30.5 Å². The summed E-state index contributed by atoms with van der Waals surface area (Å²) < 4.78 is 11.4. The number of fused-ring (bicyclic) bond motifs is 2. The van der Waals surface area contributed by atoms with Gasteiger partial charge in [-0.2, -0.15) is 4.98 Å². The maximum absolute atomic E-state index is 5.81. The number of rotatable bonds is 5. The molecular formula is C24H22N4O2. The number of anilines is 3. The maximum atomic E-state index is 5.81. The summed E-state index contributed by atoms with van der Waals surface area (Å²) in [4.78, 5) is 11.9. The zero-order valence-electron chi connectivity index (χ0n) is 16.7. The normalized spacial score (nSPS) is 12.9. The van der Waals surface area contributed by atoms with Gasteiger partial charge in [-0.15, -0.1) is 0 Å². The molecule has 5 rings (SSSR count). The van der Waals surface area contributed by atoms with Crippen molar-refractivity contribution in [3.05, 3.63) is 78.4 Å². The van der Waals surface area contributed by atoms with Gasteiger partial charge < -0.3 is 19.7 Å². The fourth-order valence-electron chi connectivity index (χ4n) is 3.69. The minimum absolute atomic E-state index is 0.580. The van der Waals surface area contributed by atoms with Gasteiger partial charge in [0.15, 0.2) is 0 Å². The van der Waals surface area contributed by atoms with Gasteiger partial charge in [0, 0.05) is 11.9 Å². The first kappa shape index (κ1) is 18.2. The van der Waals surface area contributed by atoms with Crippen LogP contribution in [0, 0.1) is 0 Å². The van der Waals surface area contributed by atoms with Gasteiger partial charge in [-0.1, -0.05) is 48.5 Å². The van der Waals surface area contributed by atoms with Crippen LogP contribution in [-0.2, 0) is 6.54 Å². The molecule has 0 saturated heterocycles. The predicted octanol–water partition coefficient (Wildman–Crippen LogP) is 4.78. The summed E-state index contributed by atoms with van der Waals surface area (Å²) >= 11 is 0. The summed E-state index contributed by atoms with van der Waals surface area (Å²) in [6.07, 6.45) is 0. The van der Waals surface area contributed by atoms with Crippen LogP contribution in [0.2, 0.25) is 0 Å². The first-order valence-electron chi connectivity index (χ1n) is 9.95. The maximum Gasteiger partial charge on any atom is 0.232 e. The van der Waals surface area contributed by atoms with E-state index in [2.05, 4.69) is 22.3 Å². The highest BCUT2D eigenvalue weighted by molar-refractivity contribution is 5.94. The van der Waals surface area contributed by atoms with Crippen LogP contribution in [0.15, 0.2) is 72.8 Å². The molecule has 1 N–H and O–H groups in total. The van der Waals surface area contributed by atoms with E-state index < -0.39 is 0 Å². The summed E-state index contributed by atoms with van der Waals surface area (Å²) in [5.41, 5.74) is 2.93. The molecule has 2 heterocycles. The van der Waals surface area contributed by atoms with Crippen LogP contribution >= 0.6 is 0 Å². The van der Waals surface area contributed by atoms with E-state index in [1.165, 1.54) is 5.56 Å². The van der Waals surface area contributed by atoms with Gasteiger partial charge >= 0.3 is 0 Å². The monoisotopic (exact) mass is 398 g/mol. The molecule has 1 aliphatic rings. The minimum atomic E-state index is 0.580. The molecule has 0 unspecified atom stereocenters. The second-order valence-electron chi connectivity index (χ2n) is 7.04. The first-order chi connectivity index (χ1) is 14.8. The molecule has 0 radical (unpaired) electrons. The molecular weight excluding hydrogens is 376 g/mol. The van der Waals surface area contributed by atoms with Crippen LogP contribution in [0.1, 0.15) is 5.56 Å². The highest BCUT2D eigenvalue weighted by Gasteiger charge is 2.23. The Kier molecular flexibility index (Phi) is 4.81. The summed E-state index contributed by atoms with van der Waals surface area (Å²) in [5.74, 6) is 2.96. The molecule has 0 bridgehead atoms. The van der Waals surface area contributed by atoms with Gasteiger partial charge in [0.2, 0.25) is 5.95 Å². The Morgan fingerprint density at radius 1 is 0.967 bits per heavy atom. The van der Waals surface area contributed by atoms with Crippen LogP contribution in [0.5, 0.6) is 11.5 Å². The number of hydrogen-bond donors (Lipinski definition) is 1. The lowest BCUT2D eigenvalue weighted by Gasteiger charge is -2.30. The summed E-state index contributed by atoms with van der Waals surface area (Å²) in [6, 6.07) is 24.1. The topological polar surface area (TPSA) is 59.5 Å². The van der Waals surface area contributed by atoms with E-state index in [1.807, 2.05) is 60.7 Å². The molecule has 0 aliphatic carbocycles. The Balaban J connectivity index is 1.61. The van der Waals surface area contributed by atoms with E-state index in [-0.39, 0.29) is 0 Å². The van der Waals surface area contributed by atoms with Gasteiger partial charge in [-0.25, -0.2) is 4.98 Å². The van der Waals surface area contributed by atoms with Crippen molar-refractivity contribution < 1.29 is 9.47 Å². The number of nitrogens with zero attached hydrogens (tertiary/aromatic N) is 3. The number of ether oxygens (including phenoxy) is 2. The molecule has 3 aromatic carbocycles. The molecule has 1 aliphatic heterocycles. The molecule has 0 spiro atoms. The zero-order chi connectivity index (χ0) is 20.3. The van der Waals surface area contributed by atoms with E-state index >= 15 is 0 Å². The van der Waals surface area contributed by atoms with Gasteiger partial charge in [0.05, 0.1) is 19.3 Å². The average molecular weight is 398 g/mol. The van der Waals surface area contributed by atoms with Crippen LogP contribution < -0.4 is 19.7 Å². The molecule has 1 aromatic heterocycles. The van der Waals surface area contributed by atoms with Gasteiger partial charge in [0.1, 0.15) is 29.4 Å². The largest absolute Gasteiger partial charge is 0.494 e. The zero-order valence-corrected chi connectivity index (χ0v) is 16.7. The molecule has 30 heavy (non-hydrogen) atoms. The van der Waals surface area contributed by atoms with Crippen LogP contribution in [0.4, 0.5) is 17.5 Å². The first-order valence-corrected chi connectivity index (χ1v) is 9.95. The van der Waals surface area contributed by atoms with Crippen molar-refractivity contribution in [2.24, 2.45) is 0 Å². The predicted molar refractivity (Wildman–Crippen MR) is 119 cm³/mol. The van der Waals surface area contributed by atoms with Crippen molar-refractivity contribution in [3.8, 4) is 11.5 Å². The summed E-state index contributed by atoms with van der Waals surface area (Å²) in [5, 5.41) is 4.42. The Hall–Kier alpha value is -3.80. The van der Waals surface area contributed by atoms with Gasteiger partial charge in [-0.3, -0.25) is 0 Å². The third kappa shape index (κ3) is 3.37. The SMILES string of the molecule is COc1cccc2c(NCc3ccccc3)nc(N3CCOc4ccccc43)nc12. The molecule has 0 saturated carbocycles. The third-order valence-electron chi connectivity index (χ3n) is 5.17. The Morgan fingerprint density at radius 2 is 1.80 bits per heavy atom. The van der Waals surface area contributed by atoms with Gasteiger partial charge in [0.25, 0.3) is 0 Å².